The van der Waals surface area contributed by atoms with Crippen LogP contribution >= 0.6 is 11.7 Å². The fourth-order valence-corrected chi connectivity index (χ4v) is 2.63. The van der Waals surface area contributed by atoms with Crippen LogP contribution in [0.15, 0.2) is 36.7 Å². The molecule has 0 aromatic carbocycles. The van der Waals surface area contributed by atoms with Gasteiger partial charge in [-0.05, 0) is 37.1 Å². The average Bonchev–Trinajstić information content (AvgIpc) is 3.04. The molecular formula is C17H24N4OS. The van der Waals surface area contributed by atoms with Gasteiger partial charge in [-0.3, -0.25) is 4.98 Å². The van der Waals surface area contributed by atoms with Gasteiger partial charge in [0.2, 0.25) is 0 Å². The van der Waals surface area contributed by atoms with Gasteiger partial charge in [-0.2, -0.15) is 4.37 Å². The molecule has 0 spiro atoms. The lowest BCUT2D eigenvalue weighted by Gasteiger charge is -2.22. The topological polar surface area (TPSA) is 51.1 Å². The maximum Gasteiger partial charge on any atom is 0.253 e. The molecule has 0 amide bonds. The molecule has 0 unspecified atom stereocenters. The largest absolute Gasteiger partial charge is 0.475 e. The summed E-state index contributed by atoms with van der Waals surface area (Å²) in [5, 5.41) is 0. The molecule has 2 aromatic heterocycles. The van der Waals surface area contributed by atoms with Crippen molar-refractivity contribution in [2.45, 2.75) is 20.3 Å². The lowest BCUT2D eigenvalue weighted by Crippen LogP contribution is -2.25. The third-order valence-electron chi connectivity index (χ3n) is 3.22. The molecule has 0 fully saturated rings. The van der Waals surface area contributed by atoms with E-state index in [1.165, 1.54) is 17.3 Å². The monoisotopic (exact) mass is 332 g/mol. The number of nitrogens with zero attached hydrogens (tertiary/aromatic N) is 4. The molecular weight excluding hydrogens is 308 g/mol. The van der Waals surface area contributed by atoms with E-state index in [1.807, 2.05) is 18.2 Å². The highest BCUT2D eigenvalue weighted by Crippen LogP contribution is 2.27. The minimum Gasteiger partial charge on any atom is -0.475 e. The maximum absolute atomic E-state index is 5.70. The summed E-state index contributed by atoms with van der Waals surface area (Å²) in [7, 11) is 2.13. The van der Waals surface area contributed by atoms with Crippen LogP contribution in [-0.4, -0.2) is 45.4 Å². The van der Waals surface area contributed by atoms with Crippen LogP contribution in [0, 0.1) is 5.92 Å². The van der Waals surface area contributed by atoms with Gasteiger partial charge in [-0.15, -0.1) is 4.37 Å². The highest BCUT2D eigenvalue weighted by molar-refractivity contribution is 6.99. The van der Waals surface area contributed by atoms with Gasteiger partial charge in [0.05, 0.1) is 18.3 Å². The van der Waals surface area contributed by atoms with Crippen molar-refractivity contribution in [2.24, 2.45) is 5.92 Å². The van der Waals surface area contributed by atoms with Gasteiger partial charge < -0.3 is 9.64 Å². The molecule has 0 saturated carbocycles. The second kappa shape index (κ2) is 9.37. The summed E-state index contributed by atoms with van der Waals surface area (Å²) in [6.07, 6.45) is 6.83. The first-order valence-electron chi connectivity index (χ1n) is 7.85. The molecule has 0 bridgehead atoms. The minimum absolute atomic E-state index is 0.507. The fraction of sp³-hybridized carbons (Fsp3) is 0.471. The van der Waals surface area contributed by atoms with Crippen molar-refractivity contribution in [1.29, 1.82) is 0 Å². The Bertz CT molecular complexity index is 571. The Balaban J connectivity index is 0.000000268. The van der Waals surface area contributed by atoms with E-state index in [2.05, 4.69) is 45.6 Å². The van der Waals surface area contributed by atoms with E-state index >= 15 is 0 Å². The Morgan fingerprint density at radius 1 is 1.22 bits per heavy atom. The van der Waals surface area contributed by atoms with E-state index in [4.69, 9.17) is 4.74 Å². The van der Waals surface area contributed by atoms with Crippen molar-refractivity contribution in [3.8, 4) is 5.88 Å². The number of rotatable bonds is 4. The van der Waals surface area contributed by atoms with Crippen LogP contribution in [0.3, 0.4) is 0 Å². The van der Waals surface area contributed by atoms with Crippen molar-refractivity contribution < 1.29 is 4.74 Å². The molecule has 0 atom stereocenters. The maximum atomic E-state index is 5.70. The van der Waals surface area contributed by atoms with Crippen LogP contribution in [0.25, 0.3) is 5.57 Å². The van der Waals surface area contributed by atoms with Crippen LogP contribution < -0.4 is 4.74 Å². The fourth-order valence-electron chi connectivity index (χ4n) is 2.09. The van der Waals surface area contributed by atoms with Gasteiger partial charge in [0.1, 0.15) is 5.69 Å². The van der Waals surface area contributed by atoms with Crippen LogP contribution in [0.1, 0.15) is 26.0 Å². The zero-order chi connectivity index (χ0) is 16.5. The second-order valence-electron chi connectivity index (χ2n) is 5.90. The first-order chi connectivity index (χ1) is 11.2. The molecule has 6 heteroatoms. The van der Waals surface area contributed by atoms with E-state index in [1.54, 1.807) is 12.4 Å². The van der Waals surface area contributed by atoms with Gasteiger partial charge in [0.25, 0.3) is 5.88 Å². The molecule has 5 nitrogen and oxygen atoms in total. The quantitative estimate of drug-likeness (QED) is 0.859. The zero-order valence-electron chi connectivity index (χ0n) is 14.0. The third kappa shape index (κ3) is 6.08. The van der Waals surface area contributed by atoms with E-state index in [0.29, 0.717) is 18.4 Å². The van der Waals surface area contributed by atoms with E-state index in [9.17, 15) is 0 Å². The molecule has 2 aromatic rings. The Morgan fingerprint density at radius 2 is 2.00 bits per heavy atom. The highest BCUT2D eigenvalue weighted by atomic mass is 32.1. The predicted octanol–water partition coefficient (Wildman–Crippen LogP) is 3.37. The molecule has 3 rings (SSSR count). The molecule has 124 valence electrons. The zero-order valence-corrected chi connectivity index (χ0v) is 14.8. The van der Waals surface area contributed by atoms with Crippen LogP contribution in [-0.2, 0) is 0 Å². The number of pyridine rings is 1. The van der Waals surface area contributed by atoms with Gasteiger partial charge in [-0.25, -0.2) is 0 Å². The Hall–Kier alpha value is -1.79. The van der Waals surface area contributed by atoms with Gasteiger partial charge in [-0.1, -0.05) is 26.0 Å². The third-order valence-corrected chi connectivity index (χ3v) is 3.74. The minimum atomic E-state index is 0.507. The number of hydrogen-bond donors (Lipinski definition) is 0. The predicted molar refractivity (Wildman–Crippen MR) is 94.6 cm³/mol. The average molecular weight is 332 g/mol. The summed E-state index contributed by atoms with van der Waals surface area (Å²) in [6, 6.07) is 5.72. The van der Waals surface area contributed by atoms with Gasteiger partial charge in [0.15, 0.2) is 0 Å². The van der Waals surface area contributed by atoms with Crippen molar-refractivity contribution in [3.63, 3.8) is 0 Å². The van der Waals surface area contributed by atoms with E-state index in [-0.39, 0.29) is 0 Å². The van der Waals surface area contributed by atoms with Crippen LogP contribution in [0.2, 0.25) is 0 Å². The van der Waals surface area contributed by atoms with Gasteiger partial charge >= 0.3 is 0 Å². The molecule has 0 radical (unpaired) electrons. The van der Waals surface area contributed by atoms with Crippen LogP contribution in [0.5, 0.6) is 5.88 Å². The summed E-state index contributed by atoms with van der Waals surface area (Å²) in [5.74, 6) is 1.21. The number of aromatic nitrogens is 3. The molecule has 1 aliphatic heterocycles. The van der Waals surface area contributed by atoms with Crippen molar-refractivity contribution in [2.75, 3.05) is 26.7 Å². The molecule has 0 N–H and O–H groups in total. The summed E-state index contributed by atoms with van der Waals surface area (Å²) >= 11 is 1.23. The Labute approximate surface area is 142 Å². The Morgan fingerprint density at radius 3 is 2.57 bits per heavy atom. The molecule has 3 heterocycles. The summed E-state index contributed by atoms with van der Waals surface area (Å²) < 4.78 is 14.3. The normalized spacial score (nSPS) is 14.9. The van der Waals surface area contributed by atoms with E-state index < -0.39 is 0 Å². The lowest BCUT2D eigenvalue weighted by atomic mass is 10.1. The first kappa shape index (κ1) is 17.6. The molecule has 23 heavy (non-hydrogen) atoms. The van der Waals surface area contributed by atoms with Gasteiger partial charge in [0, 0.05) is 25.5 Å². The number of hydrogen-bond acceptors (Lipinski definition) is 6. The Kier molecular flexibility index (Phi) is 7.16. The summed E-state index contributed by atoms with van der Waals surface area (Å²) in [4.78, 5) is 6.08. The molecule has 0 saturated heterocycles. The molecule has 1 aliphatic rings. The first-order valence-corrected chi connectivity index (χ1v) is 8.58. The van der Waals surface area contributed by atoms with E-state index in [0.717, 1.165) is 25.2 Å². The summed E-state index contributed by atoms with van der Waals surface area (Å²) in [5.41, 5.74) is 2.17. The summed E-state index contributed by atoms with van der Waals surface area (Å²) in [6.45, 7) is 7.01. The van der Waals surface area contributed by atoms with Crippen molar-refractivity contribution in [1.82, 2.24) is 18.6 Å². The second-order valence-corrected chi connectivity index (χ2v) is 6.43. The standard InChI is InChI=1S/C12H19N3OS.C5H5N/c1-9(2)8-16-12-11(13-17-14-12)10-5-4-6-15(3)7-10;1-2-4-6-5-3-1/h5,9H,4,6-8H2,1-3H3;1-5H. The van der Waals surface area contributed by atoms with Crippen molar-refractivity contribution in [3.05, 3.63) is 42.4 Å². The molecule has 0 aliphatic carbocycles. The number of ether oxygens (including phenoxy) is 1. The SMILES string of the molecule is CC(C)COc1nsnc1C1=CCCN(C)C1.c1ccncc1. The highest BCUT2D eigenvalue weighted by Gasteiger charge is 2.18. The van der Waals surface area contributed by atoms with Crippen LogP contribution in [0.4, 0.5) is 0 Å². The lowest BCUT2D eigenvalue weighted by molar-refractivity contribution is 0.262. The number of likely N-dealkylation sites (N-methyl/N-ethyl adjacent to an activating group) is 1. The van der Waals surface area contributed by atoms with Crippen molar-refractivity contribution >= 4 is 17.3 Å². The smallest absolute Gasteiger partial charge is 0.253 e.